The first kappa shape index (κ1) is 13.8. The molecule has 5 heteroatoms. The van der Waals surface area contributed by atoms with Gasteiger partial charge in [0.25, 0.3) is 0 Å². The summed E-state index contributed by atoms with van der Waals surface area (Å²) in [6, 6.07) is 10.2. The molecule has 1 N–H and O–H groups in total. The zero-order chi connectivity index (χ0) is 14.7. The predicted octanol–water partition coefficient (Wildman–Crippen LogP) is 1.95. The van der Waals surface area contributed by atoms with Gasteiger partial charge in [-0.2, -0.15) is 0 Å². The molecule has 2 aromatic rings. The second kappa shape index (κ2) is 6.10. The Balaban J connectivity index is 1.96. The van der Waals surface area contributed by atoms with E-state index < -0.39 is 0 Å². The summed E-state index contributed by atoms with van der Waals surface area (Å²) in [6.45, 7) is 5.04. The van der Waals surface area contributed by atoms with E-state index in [1.54, 1.807) is 7.11 Å². The minimum atomic E-state index is 0.395. The summed E-state index contributed by atoms with van der Waals surface area (Å²) in [6.07, 6.45) is 1.82. The summed E-state index contributed by atoms with van der Waals surface area (Å²) in [4.78, 5) is 11.4. The van der Waals surface area contributed by atoms with Crippen LogP contribution in [-0.2, 0) is 0 Å². The Kier molecular flexibility index (Phi) is 4.01. The van der Waals surface area contributed by atoms with Gasteiger partial charge in [-0.15, -0.1) is 0 Å². The normalized spacial score (nSPS) is 18.6. The molecule has 1 aromatic heterocycles. The summed E-state index contributed by atoms with van der Waals surface area (Å²) in [7, 11) is 1.68. The molecule has 0 aliphatic carbocycles. The molecule has 1 aliphatic rings. The molecule has 110 valence electrons. The number of anilines is 1. The molecule has 5 nitrogen and oxygen atoms in total. The Hall–Kier alpha value is -2.14. The number of hydrogen-bond donors (Lipinski definition) is 1. The van der Waals surface area contributed by atoms with Crippen LogP contribution in [0.15, 0.2) is 36.5 Å². The summed E-state index contributed by atoms with van der Waals surface area (Å²) < 4.78 is 5.42. The highest BCUT2D eigenvalue weighted by molar-refractivity contribution is 5.67. The lowest BCUT2D eigenvalue weighted by Gasteiger charge is -2.34. The van der Waals surface area contributed by atoms with Gasteiger partial charge in [-0.3, -0.25) is 0 Å². The Bertz CT molecular complexity index is 617. The highest BCUT2D eigenvalue weighted by atomic mass is 16.5. The number of aromatic nitrogens is 2. The number of nitrogens with zero attached hydrogens (tertiary/aromatic N) is 3. The van der Waals surface area contributed by atoms with E-state index in [1.807, 2.05) is 36.5 Å². The quantitative estimate of drug-likeness (QED) is 0.933. The third kappa shape index (κ3) is 2.83. The first-order valence-electron chi connectivity index (χ1n) is 7.23. The minimum absolute atomic E-state index is 0.395. The van der Waals surface area contributed by atoms with E-state index in [0.717, 1.165) is 42.6 Å². The number of rotatable bonds is 3. The summed E-state index contributed by atoms with van der Waals surface area (Å²) >= 11 is 0. The molecule has 2 heterocycles. The van der Waals surface area contributed by atoms with E-state index in [1.165, 1.54) is 0 Å². The standard InChI is InChI=1S/C16H20N4O/c1-12-11-17-9-10-20(12)16-18-8-7-14(19-16)13-5-3-4-6-15(13)21-2/h3-8,12,17H,9-11H2,1-2H3/t12-/m1/s1. The molecule has 1 aliphatic heterocycles. The molecule has 1 atom stereocenters. The van der Waals surface area contributed by atoms with Crippen molar-refractivity contribution in [2.24, 2.45) is 0 Å². The van der Waals surface area contributed by atoms with E-state index in [4.69, 9.17) is 9.72 Å². The number of hydrogen-bond acceptors (Lipinski definition) is 5. The molecule has 0 radical (unpaired) electrons. The molecule has 1 fully saturated rings. The number of para-hydroxylation sites is 1. The zero-order valence-electron chi connectivity index (χ0n) is 12.4. The van der Waals surface area contributed by atoms with Crippen LogP contribution < -0.4 is 15.0 Å². The Labute approximate surface area is 125 Å². The van der Waals surface area contributed by atoms with Crippen LogP contribution in [-0.4, -0.2) is 42.8 Å². The van der Waals surface area contributed by atoms with Gasteiger partial charge in [0.1, 0.15) is 5.75 Å². The van der Waals surface area contributed by atoms with Crippen LogP contribution in [0.5, 0.6) is 5.75 Å². The lowest BCUT2D eigenvalue weighted by atomic mass is 10.1. The van der Waals surface area contributed by atoms with Gasteiger partial charge >= 0.3 is 0 Å². The molecule has 0 unspecified atom stereocenters. The lowest BCUT2D eigenvalue weighted by molar-refractivity contribution is 0.416. The van der Waals surface area contributed by atoms with Gasteiger partial charge in [0.15, 0.2) is 0 Å². The van der Waals surface area contributed by atoms with Gasteiger partial charge < -0.3 is 15.0 Å². The maximum atomic E-state index is 5.42. The zero-order valence-corrected chi connectivity index (χ0v) is 12.4. The van der Waals surface area contributed by atoms with E-state index in [2.05, 4.69) is 22.1 Å². The van der Waals surface area contributed by atoms with Gasteiger partial charge in [0.2, 0.25) is 5.95 Å². The van der Waals surface area contributed by atoms with Crippen LogP contribution in [0.4, 0.5) is 5.95 Å². The fourth-order valence-corrected chi connectivity index (χ4v) is 2.63. The van der Waals surface area contributed by atoms with Crippen molar-refractivity contribution in [3.05, 3.63) is 36.5 Å². The van der Waals surface area contributed by atoms with Gasteiger partial charge in [-0.1, -0.05) is 12.1 Å². The average Bonchev–Trinajstić information content (AvgIpc) is 2.55. The summed E-state index contributed by atoms with van der Waals surface area (Å²) in [5, 5.41) is 3.38. The largest absolute Gasteiger partial charge is 0.496 e. The van der Waals surface area contributed by atoms with Crippen molar-refractivity contribution < 1.29 is 4.74 Å². The van der Waals surface area contributed by atoms with Crippen LogP contribution in [0.3, 0.4) is 0 Å². The van der Waals surface area contributed by atoms with Crippen molar-refractivity contribution in [1.29, 1.82) is 0 Å². The maximum Gasteiger partial charge on any atom is 0.226 e. The van der Waals surface area contributed by atoms with Crippen LogP contribution in [0.1, 0.15) is 6.92 Å². The van der Waals surface area contributed by atoms with Gasteiger partial charge in [0.05, 0.1) is 12.8 Å². The van der Waals surface area contributed by atoms with E-state index in [-0.39, 0.29) is 0 Å². The first-order chi connectivity index (χ1) is 10.3. The molecule has 1 saturated heterocycles. The third-order valence-electron chi connectivity index (χ3n) is 3.78. The molecule has 3 rings (SSSR count). The van der Waals surface area contributed by atoms with Crippen molar-refractivity contribution in [3.63, 3.8) is 0 Å². The molecule has 21 heavy (non-hydrogen) atoms. The number of piperazine rings is 1. The lowest BCUT2D eigenvalue weighted by Crippen LogP contribution is -2.50. The second-order valence-electron chi connectivity index (χ2n) is 5.19. The van der Waals surface area contributed by atoms with Crippen molar-refractivity contribution in [3.8, 4) is 17.0 Å². The average molecular weight is 284 g/mol. The Morgan fingerprint density at radius 2 is 2.14 bits per heavy atom. The summed E-state index contributed by atoms with van der Waals surface area (Å²) in [5.41, 5.74) is 1.88. The number of methoxy groups -OCH3 is 1. The topological polar surface area (TPSA) is 50.3 Å². The van der Waals surface area contributed by atoms with Crippen LogP contribution >= 0.6 is 0 Å². The molecule has 0 bridgehead atoms. The van der Waals surface area contributed by atoms with Crippen molar-refractivity contribution >= 4 is 5.95 Å². The predicted molar refractivity (Wildman–Crippen MR) is 83.7 cm³/mol. The minimum Gasteiger partial charge on any atom is -0.496 e. The van der Waals surface area contributed by atoms with Gasteiger partial charge in [0, 0.05) is 37.4 Å². The molecule has 0 saturated carbocycles. The first-order valence-corrected chi connectivity index (χ1v) is 7.23. The number of ether oxygens (including phenoxy) is 1. The van der Waals surface area contributed by atoms with Crippen molar-refractivity contribution in [2.45, 2.75) is 13.0 Å². The van der Waals surface area contributed by atoms with Crippen molar-refractivity contribution in [1.82, 2.24) is 15.3 Å². The van der Waals surface area contributed by atoms with Gasteiger partial charge in [-0.05, 0) is 25.1 Å². The van der Waals surface area contributed by atoms with Crippen LogP contribution in [0.25, 0.3) is 11.3 Å². The second-order valence-corrected chi connectivity index (χ2v) is 5.19. The van der Waals surface area contributed by atoms with Crippen molar-refractivity contribution in [2.75, 3.05) is 31.6 Å². The number of benzene rings is 1. The molecular formula is C16H20N4O. The third-order valence-corrected chi connectivity index (χ3v) is 3.78. The fraction of sp³-hybridized carbons (Fsp3) is 0.375. The fourth-order valence-electron chi connectivity index (χ4n) is 2.63. The van der Waals surface area contributed by atoms with E-state index >= 15 is 0 Å². The summed E-state index contributed by atoms with van der Waals surface area (Å²) in [5.74, 6) is 1.61. The molecular weight excluding hydrogens is 264 g/mol. The Morgan fingerprint density at radius 1 is 1.29 bits per heavy atom. The highest BCUT2D eigenvalue weighted by Crippen LogP contribution is 2.28. The highest BCUT2D eigenvalue weighted by Gasteiger charge is 2.21. The smallest absolute Gasteiger partial charge is 0.226 e. The monoisotopic (exact) mass is 284 g/mol. The SMILES string of the molecule is COc1ccccc1-c1ccnc(N2CCNC[C@H]2C)n1. The van der Waals surface area contributed by atoms with Crippen LogP contribution in [0, 0.1) is 0 Å². The molecule has 0 spiro atoms. The van der Waals surface area contributed by atoms with E-state index in [9.17, 15) is 0 Å². The number of nitrogens with one attached hydrogen (secondary N) is 1. The van der Waals surface area contributed by atoms with Crippen LogP contribution in [0.2, 0.25) is 0 Å². The maximum absolute atomic E-state index is 5.42. The Morgan fingerprint density at radius 3 is 2.95 bits per heavy atom. The van der Waals surface area contributed by atoms with Gasteiger partial charge in [-0.25, -0.2) is 9.97 Å². The molecule has 1 aromatic carbocycles. The molecule has 0 amide bonds. The van der Waals surface area contributed by atoms with E-state index in [0.29, 0.717) is 6.04 Å².